The van der Waals surface area contributed by atoms with Gasteiger partial charge < -0.3 is 26.0 Å². The number of aromatic nitrogens is 1. The van der Waals surface area contributed by atoms with Gasteiger partial charge in [-0.1, -0.05) is 0 Å². The van der Waals surface area contributed by atoms with Crippen LogP contribution in [0.2, 0.25) is 0 Å². The third kappa shape index (κ3) is 3.27. The number of ether oxygens (including phenoxy) is 1. The lowest BCUT2D eigenvalue weighted by Gasteiger charge is -2.12. The maximum absolute atomic E-state index is 14.2. The molecule has 126 valence electrons. The SMILES string of the molecule is CN.N=Cc1cc(Oc2c(F)cc3[nH]ccc3c2CO)ccc1F. The summed E-state index contributed by atoms with van der Waals surface area (Å²) >= 11 is 0. The van der Waals surface area contributed by atoms with E-state index in [9.17, 15) is 13.9 Å². The van der Waals surface area contributed by atoms with Crippen molar-refractivity contribution < 1.29 is 18.6 Å². The zero-order valence-electron chi connectivity index (χ0n) is 12.9. The molecule has 0 spiro atoms. The van der Waals surface area contributed by atoms with E-state index in [1.54, 1.807) is 12.3 Å². The van der Waals surface area contributed by atoms with Gasteiger partial charge in [0, 0.05) is 40.5 Å². The smallest absolute Gasteiger partial charge is 0.169 e. The zero-order valence-corrected chi connectivity index (χ0v) is 12.9. The van der Waals surface area contributed by atoms with Crippen LogP contribution in [-0.2, 0) is 6.61 Å². The van der Waals surface area contributed by atoms with Gasteiger partial charge in [0.05, 0.1) is 6.61 Å². The largest absolute Gasteiger partial charge is 0.454 e. The molecule has 0 atom stereocenters. The van der Waals surface area contributed by atoms with E-state index >= 15 is 0 Å². The quantitative estimate of drug-likeness (QED) is 0.552. The van der Waals surface area contributed by atoms with E-state index in [-0.39, 0.29) is 17.1 Å². The second-order valence-electron chi connectivity index (χ2n) is 4.69. The third-order valence-corrected chi connectivity index (χ3v) is 3.37. The number of halogens is 2. The molecule has 5 N–H and O–H groups in total. The van der Waals surface area contributed by atoms with E-state index in [0.717, 1.165) is 12.3 Å². The summed E-state index contributed by atoms with van der Waals surface area (Å²) in [4.78, 5) is 2.87. The molecule has 0 amide bonds. The molecule has 7 heteroatoms. The lowest BCUT2D eigenvalue weighted by atomic mass is 10.1. The summed E-state index contributed by atoms with van der Waals surface area (Å²) < 4.78 is 33.1. The van der Waals surface area contributed by atoms with Crippen molar-refractivity contribution in [2.24, 2.45) is 5.73 Å². The number of nitrogens with one attached hydrogen (secondary N) is 2. The second-order valence-corrected chi connectivity index (χ2v) is 4.69. The van der Waals surface area contributed by atoms with Crippen molar-refractivity contribution >= 4 is 17.1 Å². The van der Waals surface area contributed by atoms with E-state index in [4.69, 9.17) is 10.1 Å². The van der Waals surface area contributed by atoms with Gasteiger partial charge in [-0.25, -0.2) is 8.78 Å². The molecule has 0 aliphatic carbocycles. The van der Waals surface area contributed by atoms with Crippen molar-refractivity contribution in [2.45, 2.75) is 6.61 Å². The minimum Gasteiger partial charge on any atom is -0.454 e. The van der Waals surface area contributed by atoms with Crippen LogP contribution in [0.25, 0.3) is 10.9 Å². The second kappa shape index (κ2) is 7.67. The molecule has 0 saturated heterocycles. The number of fused-ring (bicyclic) bond motifs is 1. The van der Waals surface area contributed by atoms with Gasteiger partial charge in [-0.2, -0.15) is 0 Å². The van der Waals surface area contributed by atoms with Crippen molar-refractivity contribution in [1.82, 2.24) is 4.98 Å². The van der Waals surface area contributed by atoms with Gasteiger partial charge >= 0.3 is 0 Å². The standard InChI is InChI=1S/C16H12F2N2O2.CH5N/c17-13-2-1-10(5-9(13)7-19)22-16-12(8-21)11-3-4-20-15(11)6-14(16)18;1-2/h1-7,19-21H,8H2;2H2,1H3. The first-order valence-electron chi connectivity index (χ1n) is 7.09. The van der Waals surface area contributed by atoms with Crippen LogP contribution < -0.4 is 10.5 Å². The predicted molar refractivity (Wildman–Crippen MR) is 88.7 cm³/mol. The van der Waals surface area contributed by atoms with Crippen molar-refractivity contribution in [3.05, 3.63) is 59.3 Å². The molecule has 0 aliphatic rings. The lowest BCUT2D eigenvalue weighted by Crippen LogP contribution is -1.97. The van der Waals surface area contributed by atoms with Gasteiger partial charge in [-0.15, -0.1) is 0 Å². The van der Waals surface area contributed by atoms with Gasteiger partial charge in [0.1, 0.15) is 11.6 Å². The molecular weight excluding hydrogens is 316 g/mol. The first-order valence-corrected chi connectivity index (χ1v) is 7.09. The molecule has 0 fully saturated rings. The van der Waals surface area contributed by atoms with Crippen LogP contribution in [0, 0.1) is 17.0 Å². The van der Waals surface area contributed by atoms with Gasteiger partial charge in [0.25, 0.3) is 0 Å². The lowest BCUT2D eigenvalue weighted by molar-refractivity contribution is 0.276. The van der Waals surface area contributed by atoms with Crippen LogP contribution in [-0.4, -0.2) is 23.4 Å². The van der Waals surface area contributed by atoms with E-state index in [1.165, 1.54) is 25.2 Å². The first kappa shape index (κ1) is 17.6. The predicted octanol–water partition coefficient (Wildman–Crippen LogP) is 3.30. The third-order valence-electron chi connectivity index (χ3n) is 3.37. The topological polar surface area (TPSA) is 95.1 Å². The van der Waals surface area contributed by atoms with Gasteiger partial charge in [0.15, 0.2) is 11.6 Å². The Balaban J connectivity index is 0.00000100. The highest BCUT2D eigenvalue weighted by atomic mass is 19.1. The summed E-state index contributed by atoms with van der Waals surface area (Å²) in [5.74, 6) is -1.13. The van der Waals surface area contributed by atoms with Gasteiger partial charge in [-0.05, 0) is 31.3 Å². The normalized spacial score (nSPS) is 10.2. The fraction of sp³-hybridized carbons (Fsp3) is 0.118. The van der Waals surface area contributed by atoms with E-state index in [2.05, 4.69) is 10.7 Å². The Morgan fingerprint density at radius 3 is 2.62 bits per heavy atom. The van der Waals surface area contributed by atoms with Crippen LogP contribution in [0.3, 0.4) is 0 Å². The van der Waals surface area contributed by atoms with Crippen molar-refractivity contribution in [3.63, 3.8) is 0 Å². The maximum Gasteiger partial charge on any atom is 0.169 e. The van der Waals surface area contributed by atoms with Crippen LogP contribution in [0.15, 0.2) is 36.5 Å². The molecule has 0 bridgehead atoms. The van der Waals surface area contributed by atoms with Crippen LogP contribution in [0.5, 0.6) is 11.5 Å². The Hall–Kier alpha value is -2.77. The summed E-state index contributed by atoms with van der Waals surface area (Å²) in [6, 6.07) is 6.75. The number of aromatic amines is 1. The van der Waals surface area contributed by atoms with E-state index in [1.807, 2.05) is 0 Å². The molecule has 24 heavy (non-hydrogen) atoms. The van der Waals surface area contributed by atoms with Gasteiger partial charge in [0.2, 0.25) is 0 Å². The molecule has 0 unspecified atom stereocenters. The first-order chi connectivity index (χ1) is 11.6. The highest BCUT2D eigenvalue weighted by Crippen LogP contribution is 2.34. The highest BCUT2D eigenvalue weighted by Gasteiger charge is 2.16. The summed E-state index contributed by atoms with van der Waals surface area (Å²) in [6.45, 7) is -0.403. The molecular formula is C17H17F2N3O2. The number of hydrogen-bond acceptors (Lipinski definition) is 4. The maximum atomic E-state index is 14.2. The van der Waals surface area contributed by atoms with Crippen LogP contribution in [0.1, 0.15) is 11.1 Å². The molecule has 0 radical (unpaired) electrons. The average molecular weight is 333 g/mol. The number of nitrogens with two attached hydrogens (primary N) is 1. The van der Waals surface area contributed by atoms with E-state index < -0.39 is 18.2 Å². The molecule has 0 aliphatic heterocycles. The average Bonchev–Trinajstić information content (AvgIpc) is 3.06. The Labute approximate surface area is 137 Å². The van der Waals surface area contributed by atoms with Crippen molar-refractivity contribution in [3.8, 4) is 11.5 Å². The molecule has 1 heterocycles. The number of benzene rings is 2. The summed E-state index contributed by atoms with van der Waals surface area (Å²) in [6.07, 6.45) is 2.49. The fourth-order valence-electron chi connectivity index (χ4n) is 2.30. The summed E-state index contributed by atoms with van der Waals surface area (Å²) in [5, 5.41) is 17.3. The van der Waals surface area contributed by atoms with Crippen LogP contribution >= 0.6 is 0 Å². The highest BCUT2D eigenvalue weighted by molar-refractivity contribution is 5.85. The fourth-order valence-corrected chi connectivity index (χ4v) is 2.30. The molecule has 3 aromatic rings. The van der Waals surface area contributed by atoms with Crippen molar-refractivity contribution in [1.29, 1.82) is 5.41 Å². The molecule has 2 aromatic carbocycles. The number of H-pyrrole nitrogens is 1. The Bertz CT molecular complexity index is 862. The number of rotatable bonds is 4. The number of aliphatic hydroxyl groups excluding tert-OH is 1. The Kier molecular flexibility index (Phi) is 5.62. The Morgan fingerprint density at radius 2 is 1.96 bits per heavy atom. The van der Waals surface area contributed by atoms with Crippen LogP contribution in [0.4, 0.5) is 8.78 Å². The number of aliphatic hydroxyl groups is 1. The van der Waals surface area contributed by atoms with E-state index in [0.29, 0.717) is 16.5 Å². The molecule has 1 aromatic heterocycles. The zero-order chi connectivity index (χ0) is 17.7. The molecule has 3 rings (SSSR count). The monoisotopic (exact) mass is 333 g/mol. The van der Waals surface area contributed by atoms with Crippen molar-refractivity contribution in [2.75, 3.05) is 7.05 Å². The molecule has 0 saturated carbocycles. The molecule has 5 nitrogen and oxygen atoms in total. The summed E-state index contributed by atoms with van der Waals surface area (Å²) in [5.41, 5.74) is 5.39. The van der Waals surface area contributed by atoms with Gasteiger partial charge in [-0.3, -0.25) is 0 Å². The Morgan fingerprint density at radius 1 is 1.21 bits per heavy atom. The minimum atomic E-state index is -0.639. The minimum absolute atomic E-state index is 0.0335. The summed E-state index contributed by atoms with van der Waals surface area (Å²) in [7, 11) is 1.50. The number of hydrogen-bond donors (Lipinski definition) is 4.